The molecule has 1 aliphatic heterocycles. The molecule has 0 aromatic rings. The minimum absolute atomic E-state index is 0.465. The van der Waals surface area contributed by atoms with Crippen molar-refractivity contribution in [3.8, 4) is 0 Å². The second kappa shape index (κ2) is 2.11. The van der Waals surface area contributed by atoms with Gasteiger partial charge in [-0.3, -0.25) is 10.6 Å². The van der Waals surface area contributed by atoms with Crippen LogP contribution in [-0.4, -0.2) is 17.7 Å². The number of alkyl halides is 1. The quantitative estimate of drug-likeness (QED) is 0.397. The zero-order valence-electron chi connectivity index (χ0n) is 4.24. The lowest BCUT2D eigenvalue weighted by molar-refractivity contribution is 0.677. The number of rotatable bonds is 0. The van der Waals surface area contributed by atoms with Gasteiger partial charge in [0.25, 0.3) is 0 Å². The predicted molar refractivity (Wildman–Crippen MR) is 33.3 cm³/mol. The van der Waals surface area contributed by atoms with Gasteiger partial charge in [0.15, 0.2) is 0 Å². The molecule has 0 saturated carbocycles. The molecule has 3 heteroatoms. The number of halogens is 1. The van der Waals surface area contributed by atoms with Crippen LogP contribution in [0.2, 0.25) is 0 Å². The van der Waals surface area contributed by atoms with E-state index in [2.05, 4.69) is 33.5 Å². The van der Waals surface area contributed by atoms with E-state index < -0.39 is 0 Å². The Morgan fingerprint density at radius 2 is 2.29 bits per heavy atom. The first-order chi connectivity index (χ1) is 3.30. The predicted octanol–water partition coefficient (Wildman–Crippen LogP) is 0.246. The SMILES string of the molecule is CC1NCNC1Br. The molecule has 2 atom stereocenters. The Balaban J connectivity index is 2.33. The van der Waals surface area contributed by atoms with Crippen LogP contribution in [0.25, 0.3) is 0 Å². The van der Waals surface area contributed by atoms with Crippen molar-refractivity contribution >= 4 is 15.9 Å². The van der Waals surface area contributed by atoms with Crippen molar-refractivity contribution in [2.75, 3.05) is 6.67 Å². The van der Waals surface area contributed by atoms with Gasteiger partial charge in [0.05, 0.1) is 4.95 Å². The van der Waals surface area contributed by atoms with Crippen LogP contribution >= 0.6 is 15.9 Å². The first kappa shape index (κ1) is 5.54. The first-order valence-corrected chi connectivity index (χ1v) is 3.33. The lowest BCUT2D eigenvalue weighted by Gasteiger charge is -2.03. The molecule has 2 unspecified atom stereocenters. The highest BCUT2D eigenvalue weighted by atomic mass is 79.9. The van der Waals surface area contributed by atoms with Gasteiger partial charge in [-0.25, -0.2) is 0 Å². The minimum atomic E-state index is 0.465. The highest BCUT2D eigenvalue weighted by Gasteiger charge is 2.17. The summed E-state index contributed by atoms with van der Waals surface area (Å²) < 4.78 is 0. The summed E-state index contributed by atoms with van der Waals surface area (Å²) in [6.07, 6.45) is 0. The molecule has 1 aliphatic rings. The molecule has 2 nitrogen and oxygen atoms in total. The molecule has 0 amide bonds. The van der Waals surface area contributed by atoms with Crippen LogP contribution in [0.15, 0.2) is 0 Å². The second-order valence-corrected chi connectivity index (χ2v) is 2.76. The molecule has 1 fully saturated rings. The summed E-state index contributed by atoms with van der Waals surface area (Å²) >= 11 is 3.43. The maximum absolute atomic E-state index is 3.43. The molecule has 0 radical (unpaired) electrons. The van der Waals surface area contributed by atoms with Crippen LogP contribution in [0.4, 0.5) is 0 Å². The standard InChI is InChI=1S/C4H9BrN2/c1-3-4(5)7-2-6-3/h3-4,6-7H,2H2,1H3. The monoisotopic (exact) mass is 164 g/mol. The van der Waals surface area contributed by atoms with E-state index in [0.29, 0.717) is 11.0 Å². The molecule has 42 valence electrons. The number of nitrogens with one attached hydrogen (secondary N) is 2. The Hall–Kier alpha value is 0.400. The molecule has 7 heavy (non-hydrogen) atoms. The third kappa shape index (κ3) is 1.15. The largest absolute Gasteiger partial charge is 0.300 e. The van der Waals surface area contributed by atoms with Gasteiger partial charge < -0.3 is 0 Å². The maximum Gasteiger partial charge on any atom is 0.0793 e. The fraction of sp³-hybridized carbons (Fsp3) is 1.00. The molecule has 1 rings (SSSR count). The van der Waals surface area contributed by atoms with Crippen molar-refractivity contribution in [2.45, 2.75) is 17.9 Å². The van der Waals surface area contributed by atoms with E-state index >= 15 is 0 Å². The van der Waals surface area contributed by atoms with Crippen molar-refractivity contribution in [3.05, 3.63) is 0 Å². The highest BCUT2D eigenvalue weighted by molar-refractivity contribution is 9.09. The van der Waals surface area contributed by atoms with Crippen molar-refractivity contribution in [1.29, 1.82) is 0 Å². The summed E-state index contributed by atoms with van der Waals surface area (Å²) in [6.45, 7) is 3.07. The number of hydrogen-bond donors (Lipinski definition) is 2. The molecular weight excluding hydrogens is 156 g/mol. The fourth-order valence-corrected chi connectivity index (χ4v) is 0.946. The van der Waals surface area contributed by atoms with Crippen molar-refractivity contribution in [1.82, 2.24) is 10.6 Å². The van der Waals surface area contributed by atoms with E-state index in [1.807, 2.05) is 0 Å². The van der Waals surface area contributed by atoms with Crippen LogP contribution in [-0.2, 0) is 0 Å². The normalized spacial score (nSPS) is 42.0. The zero-order chi connectivity index (χ0) is 5.28. The van der Waals surface area contributed by atoms with Gasteiger partial charge in [0, 0.05) is 12.7 Å². The topological polar surface area (TPSA) is 24.1 Å². The van der Waals surface area contributed by atoms with E-state index in [9.17, 15) is 0 Å². The van der Waals surface area contributed by atoms with Gasteiger partial charge in [-0.15, -0.1) is 0 Å². The third-order valence-electron chi connectivity index (χ3n) is 1.16. The molecule has 0 aliphatic carbocycles. The summed E-state index contributed by atoms with van der Waals surface area (Å²) in [5.74, 6) is 0. The lowest BCUT2D eigenvalue weighted by atomic mass is 10.4. The fourth-order valence-electron chi connectivity index (χ4n) is 0.598. The molecule has 2 N–H and O–H groups in total. The van der Waals surface area contributed by atoms with Gasteiger partial charge in [0.2, 0.25) is 0 Å². The second-order valence-electron chi connectivity index (χ2n) is 1.78. The molecule has 1 saturated heterocycles. The van der Waals surface area contributed by atoms with Crippen molar-refractivity contribution < 1.29 is 0 Å². The summed E-state index contributed by atoms with van der Waals surface area (Å²) in [7, 11) is 0. The minimum Gasteiger partial charge on any atom is -0.300 e. The van der Waals surface area contributed by atoms with Gasteiger partial charge >= 0.3 is 0 Å². The van der Waals surface area contributed by atoms with Crippen molar-refractivity contribution in [3.63, 3.8) is 0 Å². The Morgan fingerprint density at radius 1 is 1.57 bits per heavy atom. The van der Waals surface area contributed by atoms with E-state index in [0.717, 1.165) is 6.67 Å². The molecule has 0 bridgehead atoms. The summed E-state index contributed by atoms with van der Waals surface area (Å²) in [4.78, 5) is 0.465. The first-order valence-electron chi connectivity index (χ1n) is 2.41. The summed E-state index contributed by atoms with van der Waals surface area (Å²) in [5, 5.41) is 6.39. The average molecular weight is 165 g/mol. The van der Waals surface area contributed by atoms with E-state index in [-0.39, 0.29) is 0 Å². The van der Waals surface area contributed by atoms with Crippen LogP contribution in [0.5, 0.6) is 0 Å². The summed E-state index contributed by atoms with van der Waals surface area (Å²) in [5.41, 5.74) is 0. The van der Waals surface area contributed by atoms with Crippen LogP contribution < -0.4 is 10.6 Å². The van der Waals surface area contributed by atoms with Crippen LogP contribution in [0, 0.1) is 0 Å². The summed E-state index contributed by atoms with van der Waals surface area (Å²) in [6, 6.07) is 0.569. The van der Waals surface area contributed by atoms with Crippen molar-refractivity contribution in [2.24, 2.45) is 0 Å². The molecular formula is C4H9BrN2. The average Bonchev–Trinajstić information content (AvgIpc) is 1.91. The van der Waals surface area contributed by atoms with Crippen LogP contribution in [0.1, 0.15) is 6.92 Å². The van der Waals surface area contributed by atoms with Gasteiger partial charge in [0.1, 0.15) is 0 Å². The zero-order valence-corrected chi connectivity index (χ0v) is 5.83. The van der Waals surface area contributed by atoms with Crippen LogP contribution in [0.3, 0.4) is 0 Å². The highest BCUT2D eigenvalue weighted by Crippen LogP contribution is 2.04. The molecule has 0 aromatic heterocycles. The van der Waals surface area contributed by atoms with Gasteiger partial charge in [-0.05, 0) is 6.92 Å². The Kier molecular flexibility index (Phi) is 1.67. The lowest BCUT2D eigenvalue weighted by Crippen LogP contribution is -2.23. The van der Waals surface area contributed by atoms with Gasteiger partial charge in [-0.1, -0.05) is 15.9 Å². The van der Waals surface area contributed by atoms with E-state index in [4.69, 9.17) is 0 Å². The molecule has 0 aromatic carbocycles. The maximum atomic E-state index is 3.43. The van der Waals surface area contributed by atoms with E-state index in [1.54, 1.807) is 0 Å². The third-order valence-corrected chi connectivity index (χ3v) is 2.28. The molecule has 0 spiro atoms. The smallest absolute Gasteiger partial charge is 0.0793 e. The molecule has 1 heterocycles. The number of hydrogen-bond acceptors (Lipinski definition) is 2. The van der Waals surface area contributed by atoms with E-state index in [1.165, 1.54) is 0 Å². The Labute approximate surface area is 51.8 Å². The Morgan fingerprint density at radius 3 is 2.43 bits per heavy atom. The van der Waals surface area contributed by atoms with Gasteiger partial charge in [-0.2, -0.15) is 0 Å². The Bertz CT molecular complexity index is 58.7.